The number of anilines is 2. The molecule has 6 rings (SSSR count). The predicted octanol–water partition coefficient (Wildman–Crippen LogP) is 4.34. The van der Waals surface area contributed by atoms with Gasteiger partial charge in [-0.2, -0.15) is 0 Å². The van der Waals surface area contributed by atoms with Gasteiger partial charge in [-0.3, -0.25) is 24.1 Å². The van der Waals surface area contributed by atoms with Gasteiger partial charge in [0.2, 0.25) is 18.6 Å². The summed E-state index contributed by atoms with van der Waals surface area (Å²) in [6, 6.07) is 20.4. The zero-order valence-corrected chi connectivity index (χ0v) is 22.3. The van der Waals surface area contributed by atoms with E-state index in [4.69, 9.17) is 9.47 Å². The molecule has 9 nitrogen and oxygen atoms in total. The van der Waals surface area contributed by atoms with Crippen LogP contribution in [0.2, 0.25) is 0 Å². The molecule has 2 aliphatic heterocycles. The highest BCUT2D eigenvalue weighted by molar-refractivity contribution is 6.52. The summed E-state index contributed by atoms with van der Waals surface area (Å²) in [5, 5.41) is 2.99. The van der Waals surface area contributed by atoms with E-state index in [9.17, 15) is 19.2 Å². The standard InChI is InChI=1S/C32H29N3O6/c36-28(19-34-25-14-8-7-13-24(25)30(37)32(34)39)35(18-21-9-3-1-4-10-21)29(22-11-5-2-6-12-22)31(38)33-23-15-16-26-27(17-23)41-20-40-26/h1-5,7-10,13-17,22,29H,6,11-12,18-20H2,(H,33,38)/t22-,29+/m0/s1. The van der Waals surface area contributed by atoms with Crippen molar-refractivity contribution in [1.82, 2.24) is 4.90 Å². The number of carbonyl (C=O) groups excluding carboxylic acids is 4. The number of hydrogen-bond donors (Lipinski definition) is 1. The number of ketones is 1. The van der Waals surface area contributed by atoms with E-state index in [0.29, 0.717) is 29.3 Å². The average Bonchev–Trinajstić information content (AvgIpc) is 3.56. The summed E-state index contributed by atoms with van der Waals surface area (Å²) in [7, 11) is 0. The number of carbonyl (C=O) groups is 4. The van der Waals surface area contributed by atoms with Gasteiger partial charge in [0.25, 0.3) is 11.7 Å². The highest BCUT2D eigenvalue weighted by atomic mass is 16.7. The van der Waals surface area contributed by atoms with Gasteiger partial charge in [0.1, 0.15) is 12.6 Å². The van der Waals surface area contributed by atoms with Gasteiger partial charge in [-0.25, -0.2) is 0 Å². The predicted molar refractivity (Wildman–Crippen MR) is 152 cm³/mol. The van der Waals surface area contributed by atoms with Crippen molar-refractivity contribution >= 4 is 34.9 Å². The summed E-state index contributed by atoms with van der Waals surface area (Å²) in [6.07, 6.45) is 6.26. The first-order chi connectivity index (χ1) is 20.0. The molecule has 3 aliphatic rings. The van der Waals surface area contributed by atoms with Gasteiger partial charge in [-0.05, 0) is 55.0 Å². The monoisotopic (exact) mass is 551 g/mol. The lowest BCUT2D eigenvalue weighted by atomic mass is 9.85. The number of nitrogens with one attached hydrogen (secondary N) is 1. The maximum Gasteiger partial charge on any atom is 0.299 e. The van der Waals surface area contributed by atoms with Crippen LogP contribution in [0.15, 0.2) is 84.9 Å². The zero-order valence-electron chi connectivity index (χ0n) is 22.3. The fourth-order valence-electron chi connectivity index (χ4n) is 5.66. The number of para-hydroxylation sites is 1. The van der Waals surface area contributed by atoms with E-state index < -0.39 is 23.6 Å². The molecule has 0 unspecified atom stereocenters. The van der Waals surface area contributed by atoms with Crippen LogP contribution in [0.3, 0.4) is 0 Å². The third kappa shape index (κ3) is 5.30. The minimum atomic E-state index is -0.832. The second kappa shape index (κ2) is 11.3. The Bertz CT molecular complexity index is 1540. The molecule has 2 atom stereocenters. The molecule has 0 saturated carbocycles. The summed E-state index contributed by atoms with van der Waals surface area (Å²) in [5.41, 5.74) is 2.04. The maximum absolute atomic E-state index is 14.1. The molecule has 0 bridgehead atoms. The van der Waals surface area contributed by atoms with Crippen LogP contribution in [0.1, 0.15) is 35.2 Å². The second-order valence-electron chi connectivity index (χ2n) is 10.3. The van der Waals surface area contributed by atoms with Gasteiger partial charge in [0, 0.05) is 18.3 Å². The fraction of sp³-hybridized carbons (Fsp3) is 0.250. The Morgan fingerprint density at radius 3 is 2.54 bits per heavy atom. The molecule has 0 spiro atoms. The summed E-state index contributed by atoms with van der Waals surface area (Å²) in [4.78, 5) is 56.5. The van der Waals surface area contributed by atoms with E-state index in [1.165, 1.54) is 4.90 Å². The van der Waals surface area contributed by atoms with Crippen LogP contribution in [0, 0.1) is 5.92 Å². The molecule has 3 amide bonds. The topological polar surface area (TPSA) is 105 Å². The molecular formula is C32H29N3O6. The smallest absolute Gasteiger partial charge is 0.299 e. The van der Waals surface area contributed by atoms with Crippen molar-refractivity contribution in [2.45, 2.75) is 31.8 Å². The van der Waals surface area contributed by atoms with Gasteiger partial charge in [-0.15, -0.1) is 0 Å². The molecule has 0 saturated heterocycles. The highest BCUT2D eigenvalue weighted by Crippen LogP contribution is 2.35. The number of nitrogens with zero attached hydrogens (tertiary/aromatic N) is 2. The Hall–Kier alpha value is -4.92. The number of fused-ring (bicyclic) bond motifs is 2. The van der Waals surface area contributed by atoms with Crippen molar-refractivity contribution in [3.05, 3.63) is 96.1 Å². The van der Waals surface area contributed by atoms with E-state index in [-0.39, 0.29) is 37.3 Å². The van der Waals surface area contributed by atoms with Crippen LogP contribution in [0.5, 0.6) is 11.5 Å². The number of allylic oxidation sites excluding steroid dienone is 2. The molecular weight excluding hydrogens is 522 g/mol. The van der Waals surface area contributed by atoms with Crippen molar-refractivity contribution in [3.63, 3.8) is 0 Å². The Morgan fingerprint density at radius 1 is 0.951 bits per heavy atom. The molecule has 3 aromatic carbocycles. The molecule has 0 radical (unpaired) electrons. The zero-order chi connectivity index (χ0) is 28.3. The van der Waals surface area contributed by atoms with Gasteiger partial charge >= 0.3 is 0 Å². The van der Waals surface area contributed by atoms with Gasteiger partial charge in [-0.1, -0.05) is 54.6 Å². The minimum absolute atomic E-state index is 0.115. The Balaban J connectivity index is 1.33. The lowest BCUT2D eigenvalue weighted by Crippen LogP contribution is -2.54. The van der Waals surface area contributed by atoms with Gasteiger partial charge < -0.3 is 19.7 Å². The minimum Gasteiger partial charge on any atom is -0.454 e. The summed E-state index contributed by atoms with van der Waals surface area (Å²) < 4.78 is 10.9. The lowest BCUT2D eigenvalue weighted by molar-refractivity contribution is -0.140. The SMILES string of the molecule is O=C1C(=O)N(CC(=O)N(Cc2ccccc2)[C@@H](C(=O)Nc2ccc3c(c2)OCO3)[C@H]2CC=CCC2)c2ccccc21. The van der Waals surface area contributed by atoms with Crippen LogP contribution >= 0.6 is 0 Å². The third-order valence-electron chi connectivity index (χ3n) is 7.69. The molecule has 9 heteroatoms. The highest BCUT2D eigenvalue weighted by Gasteiger charge is 2.41. The van der Waals surface area contributed by atoms with Crippen molar-refractivity contribution in [2.24, 2.45) is 5.92 Å². The number of hydrogen-bond acceptors (Lipinski definition) is 6. The molecule has 0 aromatic heterocycles. The number of amides is 3. The molecule has 41 heavy (non-hydrogen) atoms. The summed E-state index contributed by atoms with van der Waals surface area (Å²) in [5.74, 6) is -1.16. The van der Waals surface area contributed by atoms with Crippen molar-refractivity contribution < 1.29 is 28.7 Å². The van der Waals surface area contributed by atoms with E-state index in [0.717, 1.165) is 18.4 Å². The van der Waals surface area contributed by atoms with E-state index in [1.807, 2.05) is 36.4 Å². The third-order valence-corrected chi connectivity index (χ3v) is 7.69. The number of Topliss-reactive ketones (excluding diaryl/α,β-unsaturated/α-hetero) is 1. The van der Waals surface area contributed by atoms with E-state index in [2.05, 4.69) is 11.4 Å². The first-order valence-corrected chi connectivity index (χ1v) is 13.6. The Labute approximate surface area is 237 Å². The van der Waals surface area contributed by atoms with Crippen molar-refractivity contribution in [1.29, 1.82) is 0 Å². The molecule has 2 heterocycles. The fourth-order valence-corrected chi connectivity index (χ4v) is 5.66. The quantitative estimate of drug-likeness (QED) is 0.330. The van der Waals surface area contributed by atoms with Crippen molar-refractivity contribution in [2.75, 3.05) is 23.6 Å². The Morgan fingerprint density at radius 2 is 1.73 bits per heavy atom. The molecule has 1 aliphatic carbocycles. The number of benzene rings is 3. The van der Waals surface area contributed by atoms with Crippen LogP contribution in [-0.4, -0.2) is 47.8 Å². The largest absolute Gasteiger partial charge is 0.454 e. The molecule has 0 fully saturated rings. The average molecular weight is 552 g/mol. The van der Waals surface area contributed by atoms with E-state index >= 15 is 0 Å². The Kier molecular flexibility index (Phi) is 7.24. The first kappa shape index (κ1) is 26.3. The summed E-state index contributed by atoms with van der Waals surface area (Å²) in [6.45, 7) is -0.0779. The molecule has 208 valence electrons. The first-order valence-electron chi connectivity index (χ1n) is 13.6. The summed E-state index contributed by atoms with van der Waals surface area (Å²) >= 11 is 0. The number of ether oxygens (including phenoxy) is 2. The van der Waals surface area contributed by atoms with Gasteiger partial charge in [0.05, 0.1) is 11.3 Å². The van der Waals surface area contributed by atoms with Crippen LogP contribution in [-0.2, 0) is 20.9 Å². The van der Waals surface area contributed by atoms with Crippen molar-refractivity contribution in [3.8, 4) is 11.5 Å². The van der Waals surface area contributed by atoms with E-state index in [1.54, 1.807) is 47.4 Å². The lowest BCUT2D eigenvalue weighted by Gasteiger charge is -2.37. The molecule has 1 N–H and O–H groups in total. The number of rotatable bonds is 8. The second-order valence-corrected chi connectivity index (χ2v) is 10.3. The van der Waals surface area contributed by atoms with Crippen LogP contribution in [0.4, 0.5) is 11.4 Å². The van der Waals surface area contributed by atoms with Crippen LogP contribution in [0.25, 0.3) is 0 Å². The maximum atomic E-state index is 14.1. The van der Waals surface area contributed by atoms with Crippen LogP contribution < -0.4 is 19.7 Å². The molecule has 3 aromatic rings. The van der Waals surface area contributed by atoms with Gasteiger partial charge in [0.15, 0.2) is 11.5 Å². The normalized spacial score (nSPS) is 17.8.